The van der Waals surface area contributed by atoms with E-state index in [1.807, 2.05) is 6.07 Å². The molecule has 1 aliphatic rings. The summed E-state index contributed by atoms with van der Waals surface area (Å²) in [4.78, 5) is 14.8. The van der Waals surface area contributed by atoms with Crippen molar-refractivity contribution in [2.45, 2.75) is 12.4 Å². The Bertz CT molecular complexity index is 1390. The molecule has 1 aromatic carbocycles. The Morgan fingerprint density at radius 1 is 1.06 bits per heavy atom. The largest absolute Gasteiger partial charge is 0.481 e. The predicted molar refractivity (Wildman–Crippen MR) is 118 cm³/mol. The number of nitrogens with zero attached hydrogens (tertiary/aromatic N) is 4. The van der Waals surface area contributed by atoms with Crippen LogP contribution >= 0.6 is 0 Å². The standard InChI is InChI=1S/C24H17F3N4O2/c1-33-23-17(6-3-11-28-23)18-8-9-19-21(30-18)22-14(13-29-19)7-10-20(32)31(22)16-5-2-4-15(12-16)24(25,26)27/h2-13,20,32H,1H3. The number of aliphatic hydroxyl groups excluding tert-OH is 1. The zero-order chi connectivity index (χ0) is 23.2. The molecular formula is C24H17F3N4O2. The van der Waals surface area contributed by atoms with Gasteiger partial charge >= 0.3 is 6.18 Å². The van der Waals surface area contributed by atoms with Crippen LogP contribution in [-0.4, -0.2) is 33.4 Å². The van der Waals surface area contributed by atoms with Gasteiger partial charge in [-0.1, -0.05) is 12.1 Å². The van der Waals surface area contributed by atoms with Gasteiger partial charge in [-0.25, -0.2) is 9.97 Å². The van der Waals surface area contributed by atoms with E-state index in [9.17, 15) is 18.3 Å². The van der Waals surface area contributed by atoms with Gasteiger partial charge in [-0.05, 0) is 48.5 Å². The van der Waals surface area contributed by atoms with Gasteiger partial charge in [-0.3, -0.25) is 4.98 Å². The molecule has 9 heteroatoms. The molecule has 0 spiro atoms. The lowest BCUT2D eigenvalue weighted by Gasteiger charge is -2.33. The number of halogens is 3. The molecule has 1 atom stereocenters. The van der Waals surface area contributed by atoms with Gasteiger partial charge < -0.3 is 14.7 Å². The summed E-state index contributed by atoms with van der Waals surface area (Å²) in [6, 6.07) is 11.9. The summed E-state index contributed by atoms with van der Waals surface area (Å²) in [7, 11) is 1.51. The number of anilines is 2. The third-order valence-electron chi connectivity index (χ3n) is 5.36. The second-order valence-electron chi connectivity index (χ2n) is 7.38. The molecule has 3 aromatic heterocycles. The lowest BCUT2D eigenvalue weighted by molar-refractivity contribution is -0.137. The number of benzene rings is 1. The number of rotatable bonds is 3. The number of fused-ring (bicyclic) bond motifs is 3. The second-order valence-corrected chi connectivity index (χ2v) is 7.38. The van der Waals surface area contributed by atoms with E-state index in [1.165, 1.54) is 30.2 Å². The summed E-state index contributed by atoms with van der Waals surface area (Å²) in [5, 5.41) is 10.8. The molecule has 5 rings (SSSR count). The summed E-state index contributed by atoms with van der Waals surface area (Å²) in [6.45, 7) is 0. The van der Waals surface area contributed by atoms with E-state index in [-0.39, 0.29) is 5.69 Å². The summed E-state index contributed by atoms with van der Waals surface area (Å²) in [5.41, 5.74) is 2.60. The van der Waals surface area contributed by atoms with Gasteiger partial charge in [0.15, 0.2) is 6.23 Å². The van der Waals surface area contributed by atoms with E-state index in [2.05, 4.69) is 9.97 Å². The number of aromatic nitrogens is 3. The van der Waals surface area contributed by atoms with Gasteiger partial charge in [-0.2, -0.15) is 13.2 Å². The summed E-state index contributed by atoms with van der Waals surface area (Å²) >= 11 is 0. The van der Waals surface area contributed by atoms with Crippen LogP contribution in [0, 0.1) is 0 Å². The lowest BCUT2D eigenvalue weighted by atomic mass is 10.0. The fourth-order valence-corrected chi connectivity index (χ4v) is 3.86. The normalized spacial score (nSPS) is 15.5. The van der Waals surface area contributed by atoms with Crippen molar-refractivity contribution in [2.75, 3.05) is 12.0 Å². The Labute approximate surface area is 186 Å². The number of methoxy groups -OCH3 is 1. The van der Waals surface area contributed by atoms with Crippen molar-refractivity contribution in [1.82, 2.24) is 15.0 Å². The molecule has 166 valence electrons. The number of hydrogen-bond donors (Lipinski definition) is 1. The quantitative estimate of drug-likeness (QED) is 0.463. The van der Waals surface area contributed by atoms with Gasteiger partial charge in [0, 0.05) is 23.6 Å². The molecule has 0 aliphatic carbocycles. The highest BCUT2D eigenvalue weighted by atomic mass is 19.4. The fourth-order valence-electron chi connectivity index (χ4n) is 3.86. The van der Waals surface area contributed by atoms with Crippen LogP contribution in [0.2, 0.25) is 0 Å². The molecular weight excluding hydrogens is 433 g/mol. The first-order valence-electron chi connectivity index (χ1n) is 9.99. The number of alkyl halides is 3. The Kier molecular flexibility index (Phi) is 4.98. The van der Waals surface area contributed by atoms with E-state index in [0.717, 1.165) is 12.1 Å². The third kappa shape index (κ3) is 3.66. The molecule has 0 bridgehead atoms. The first-order valence-corrected chi connectivity index (χ1v) is 9.99. The number of hydrogen-bond acceptors (Lipinski definition) is 6. The molecule has 0 saturated heterocycles. The van der Waals surface area contributed by atoms with Crippen molar-refractivity contribution in [3.05, 3.63) is 78.1 Å². The minimum absolute atomic E-state index is 0.182. The summed E-state index contributed by atoms with van der Waals surface area (Å²) < 4.78 is 45.4. The minimum Gasteiger partial charge on any atom is -0.481 e. The topological polar surface area (TPSA) is 71.4 Å². The zero-order valence-corrected chi connectivity index (χ0v) is 17.3. The number of aliphatic hydroxyl groups is 1. The number of pyridine rings is 3. The number of ether oxygens (including phenoxy) is 1. The maximum atomic E-state index is 13.4. The Morgan fingerprint density at radius 3 is 2.70 bits per heavy atom. The SMILES string of the molecule is COc1ncccc1-c1ccc2ncc3c(c2n1)N(c1cccc(C(F)(F)F)c1)C(O)C=C3. The Hall–Kier alpha value is -3.98. The molecule has 4 heterocycles. The van der Waals surface area contributed by atoms with Crippen LogP contribution in [0.25, 0.3) is 28.4 Å². The molecule has 0 saturated carbocycles. The summed E-state index contributed by atoms with van der Waals surface area (Å²) in [6.07, 6.45) is 0.665. The molecule has 0 radical (unpaired) electrons. The molecule has 0 fully saturated rings. The monoisotopic (exact) mass is 450 g/mol. The van der Waals surface area contributed by atoms with Crippen molar-refractivity contribution in [2.24, 2.45) is 0 Å². The van der Waals surface area contributed by atoms with Crippen molar-refractivity contribution in [3.8, 4) is 17.1 Å². The van der Waals surface area contributed by atoms with Crippen molar-refractivity contribution >= 4 is 28.5 Å². The van der Waals surface area contributed by atoms with Gasteiger partial charge in [0.05, 0.1) is 35.1 Å². The van der Waals surface area contributed by atoms with Crippen LogP contribution in [0.1, 0.15) is 11.1 Å². The first-order chi connectivity index (χ1) is 15.9. The third-order valence-corrected chi connectivity index (χ3v) is 5.36. The fraction of sp³-hybridized carbons (Fsp3) is 0.125. The van der Waals surface area contributed by atoms with Crippen molar-refractivity contribution in [1.29, 1.82) is 0 Å². The molecule has 6 nitrogen and oxygen atoms in total. The Balaban J connectivity index is 1.74. The van der Waals surface area contributed by atoms with Crippen LogP contribution in [0.4, 0.5) is 24.5 Å². The van der Waals surface area contributed by atoms with Crippen LogP contribution in [0.5, 0.6) is 5.88 Å². The highest BCUT2D eigenvalue weighted by Gasteiger charge is 2.32. The average Bonchev–Trinajstić information content (AvgIpc) is 2.83. The van der Waals surface area contributed by atoms with E-state index >= 15 is 0 Å². The van der Waals surface area contributed by atoms with E-state index in [1.54, 1.807) is 36.7 Å². The summed E-state index contributed by atoms with van der Waals surface area (Å²) in [5.74, 6) is 0.386. The zero-order valence-electron chi connectivity index (χ0n) is 17.3. The maximum Gasteiger partial charge on any atom is 0.416 e. The molecule has 33 heavy (non-hydrogen) atoms. The highest BCUT2D eigenvalue weighted by Crippen LogP contribution is 2.41. The molecule has 1 unspecified atom stereocenters. The van der Waals surface area contributed by atoms with Crippen LogP contribution < -0.4 is 9.64 Å². The van der Waals surface area contributed by atoms with E-state index < -0.39 is 18.0 Å². The van der Waals surface area contributed by atoms with Crippen LogP contribution in [-0.2, 0) is 6.18 Å². The molecule has 1 N–H and O–H groups in total. The van der Waals surface area contributed by atoms with E-state index in [4.69, 9.17) is 9.72 Å². The van der Waals surface area contributed by atoms with Gasteiger partial charge in [0.1, 0.15) is 5.52 Å². The van der Waals surface area contributed by atoms with Gasteiger partial charge in [-0.15, -0.1) is 0 Å². The maximum absolute atomic E-state index is 13.4. The average molecular weight is 450 g/mol. The van der Waals surface area contributed by atoms with Crippen LogP contribution in [0.15, 0.2) is 67.0 Å². The highest BCUT2D eigenvalue weighted by molar-refractivity contribution is 5.97. The smallest absolute Gasteiger partial charge is 0.416 e. The van der Waals surface area contributed by atoms with Crippen LogP contribution in [0.3, 0.4) is 0 Å². The predicted octanol–water partition coefficient (Wildman–Crippen LogP) is 5.20. The molecule has 1 aliphatic heterocycles. The first kappa shape index (κ1) is 20.9. The van der Waals surface area contributed by atoms with E-state index in [0.29, 0.717) is 39.4 Å². The van der Waals surface area contributed by atoms with Crippen molar-refractivity contribution < 1.29 is 23.0 Å². The second kappa shape index (κ2) is 7.86. The molecule has 4 aromatic rings. The van der Waals surface area contributed by atoms with Gasteiger partial charge in [0.2, 0.25) is 5.88 Å². The molecule has 0 amide bonds. The Morgan fingerprint density at radius 2 is 1.91 bits per heavy atom. The van der Waals surface area contributed by atoms with Gasteiger partial charge in [0.25, 0.3) is 0 Å². The van der Waals surface area contributed by atoms with Crippen molar-refractivity contribution in [3.63, 3.8) is 0 Å². The lowest BCUT2D eigenvalue weighted by Crippen LogP contribution is -2.32. The minimum atomic E-state index is -4.52.